The van der Waals surface area contributed by atoms with Gasteiger partial charge in [0, 0.05) is 23.6 Å². The Hall–Kier alpha value is -2.66. The molecule has 0 bridgehead atoms. The molecule has 1 aromatic heterocycles. The number of fused-ring (bicyclic) bond motifs is 1. The molecule has 24 heavy (non-hydrogen) atoms. The molecule has 1 atom stereocenters. The second-order valence-electron chi connectivity index (χ2n) is 5.91. The molecule has 0 unspecified atom stereocenters. The maximum absolute atomic E-state index is 13.1. The number of hydrogen-bond acceptors (Lipinski definition) is 2. The van der Waals surface area contributed by atoms with Crippen molar-refractivity contribution in [2.45, 2.75) is 6.10 Å². The number of morpholine rings is 1. The minimum absolute atomic E-state index is 0.0112. The van der Waals surface area contributed by atoms with Crippen molar-refractivity contribution in [3.63, 3.8) is 0 Å². The third-order valence-electron chi connectivity index (χ3n) is 4.42. The van der Waals surface area contributed by atoms with E-state index < -0.39 is 0 Å². The zero-order valence-corrected chi connectivity index (χ0v) is 13.0. The Bertz CT molecular complexity index is 872. The molecule has 1 aliphatic rings. The fourth-order valence-electron chi connectivity index (χ4n) is 3.13. The molecule has 0 aliphatic carbocycles. The van der Waals surface area contributed by atoms with Crippen LogP contribution >= 0.6 is 0 Å². The van der Waals surface area contributed by atoms with Crippen LogP contribution in [-0.4, -0.2) is 35.5 Å². The maximum Gasteiger partial charge on any atom is 0.256 e. The lowest BCUT2D eigenvalue weighted by Crippen LogP contribution is -2.42. The van der Waals surface area contributed by atoms with Crippen LogP contribution in [0.25, 0.3) is 10.9 Å². The zero-order chi connectivity index (χ0) is 16.5. The lowest BCUT2D eigenvalue weighted by Gasteiger charge is -2.33. The van der Waals surface area contributed by atoms with Gasteiger partial charge in [0.2, 0.25) is 0 Å². The summed E-state index contributed by atoms with van der Waals surface area (Å²) in [6, 6.07) is 14.0. The van der Waals surface area contributed by atoms with Gasteiger partial charge in [0.15, 0.2) is 0 Å². The van der Waals surface area contributed by atoms with E-state index in [0.717, 1.165) is 16.5 Å². The average Bonchev–Trinajstić information content (AvgIpc) is 3.06. The summed E-state index contributed by atoms with van der Waals surface area (Å²) in [5, 5.41) is 0.923. The molecule has 4 rings (SSSR count). The Morgan fingerprint density at radius 1 is 1.17 bits per heavy atom. The zero-order valence-electron chi connectivity index (χ0n) is 13.0. The summed E-state index contributed by atoms with van der Waals surface area (Å²) in [5.41, 5.74) is 2.50. The highest BCUT2D eigenvalue weighted by Crippen LogP contribution is 2.25. The van der Waals surface area contributed by atoms with Gasteiger partial charge in [-0.15, -0.1) is 0 Å². The normalized spacial score (nSPS) is 18.0. The van der Waals surface area contributed by atoms with Crippen LogP contribution in [0.5, 0.6) is 0 Å². The van der Waals surface area contributed by atoms with Gasteiger partial charge < -0.3 is 14.6 Å². The molecule has 0 radical (unpaired) electrons. The molecule has 2 aromatic carbocycles. The molecular formula is C19H17FN2O2. The maximum atomic E-state index is 13.1. The molecule has 122 valence electrons. The highest BCUT2D eigenvalue weighted by molar-refractivity contribution is 6.06. The fourth-order valence-corrected chi connectivity index (χ4v) is 3.13. The van der Waals surface area contributed by atoms with Gasteiger partial charge in [0.25, 0.3) is 5.91 Å². The number of ether oxygens (including phenoxy) is 1. The van der Waals surface area contributed by atoms with E-state index in [0.29, 0.717) is 25.3 Å². The van der Waals surface area contributed by atoms with E-state index in [1.807, 2.05) is 24.3 Å². The minimum atomic E-state index is -0.277. The molecule has 3 aromatic rings. The summed E-state index contributed by atoms with van der Waals surface area (Å²) in [6.45, 7) is 1.48. The Morgan fingerprint density at radius 2 is 1.96 bits per heavy atom. The quantitative estimate of drug-likeness (QED) is 0.784. The van der Waals surface area contributed by atoms with Gasteiger partial charge in [-0.2, -0.15) is 0 Å². The van der Waals surface area contributed by atoms with E-state index in [1.165, 1.54) is 12.1 Å². The highest BCUT2D eigenvalue weighted by Gasteiger charge is 2.27. The van der Waals surface area contributed by atoms with Crippen molar-refractivity contribution in [2.24, 2.45) is 0 Å². The smallest absolute Gasteiger partial charge is 0.256 e. The van der Waals surface area contributed by atoms with Gasteiger partial charge in [-0.1, -0.05) is 30.3 Å². The summed E-state index contributed by atoms with van der Waals surface area (Å²) in [6.07, 6.45) is 1.53. The van der Waals surface area contributed by atoms with Crippen LogP contribution in [0, 0.1) is 5.82 Å². The van der Waals surface area contributed by atoms with Crippen LogP contribution in [0.3, 0.4) is 0 Å². The number of amides is 1. The van der Waals surface area contributed by atoms with E-state index in [1.54, 1.807) is 23.2 Å². The third-order valence-corrected chi connectivity index (χ3v) is 4.42. The largest absolute Gasteiger partial charge is 0.370 e. The molecule has 5 heteroatoms. The van der Waals surface area contributed by atoms with Crippen LogP contribution in [-0.2, 0) is 4.74 Å². The molecule has 0 saturated carbocycles. The van der Waals surface area contributed by atoms with Crippen molar-refractivity contribution in [2.75, 3.05) is 19.7 Å². The van der Waals surface area contributed by atoms with Gasteiger partial charge >= 0.3 is 0 Å². The van der Waals surface area contributed by atoms with Crippen molar-refractivity contribution in [1.29, 1.82) is 0 Å². The Balaban J connectivity index is 1.57. The van der Waals surface area contributed by atoms with Crippen molar-refractivity contribution < 1.29 is 13.9 Å². The number of rotatable bonds is 2. The van der Waals surface area contributed by atoms with E-state index in [2.05, 4.69) is 4.98 Å². The molecule has 1 fully saturated rings. The number of benzene rings is 2. The number of aromatic amines is 1. The molecule has 1 saturated heterocycles. The standard InChI is InChI=1S/C19H17FN2O2/c20-14-7-5-13(6-8-14)18-12-22(9-10-24-18)19(23)16-11-21-17-4-2-1-3-15(16)17/h1-8,11,18,21H,9-10,12H2/t18-/m0/s1. The first-order chi connectivity index (χ1) is 11.7. The summed E-state index contributed by atoms with van der Waals surface area (Å²) in [4.78, 5) is 17.8. The number of H-pyrrole nitrogens is 1. The SMILES string of the molecule is O=C(c1c[nH]c2ccccc12)N1CCO[C@H](c2ccc(F)cc2)C1. The minimum Gasteiger partial charge on any atom is -0.370 e. The van der Waals surface area contributed by atoms with Gasteiger partial charge in [0.1, 0.15) is 11.9 Å². The Kier molecular flexibility index (Phi) is 3.78. The average molecular weight is 324 g/mol. The number of nitrogens with zero attached hydrogens (tertiary/aromatic N) is 1. The second kappa shape index (κ2) is 6.09. The van der Waals surface area contributed by atoms with Gasteiger partial charge in [-0.25, -0.2) is 4.39 Å². The van der Waals surface area contributed by atoms with Crippen molar-refractivity contribution in [3.05, 3.63) is 71.7 Å². The van der Waals surface area contributed by atoms with Crippen LogP contribution in [0.1, 0.15) is 22.0 Å². The van der Waals surface area contributed by atoms with Crippen molar-refractivity contribution in [3.8, 4) is 0 Å². The molecular weight excluding hydrogens is 307 g/mol. The van der Waals surface area contributed by atoms with Crippen LogP contribution in [0.2, 0.25) is 0 Å². The fraction of sp³-hybridized carbons (Fsp3) is 0.211. The number of para-hydroxylation sites is 1. The van der Waals surface area contributed by atoms with Crippen LogP contribution < -0.4 is 0 Å². The second-order valence-corrected chi connectivity index (χ2v) is 5.91. The molecule has 2 heterocycles. The van der Waals surface area contributed by atoms with E-state index in [4.69, 9.17) is 4.74 Å². The first-order valence-electron chi connectivity index (χ1n) is 7.95. The van der Waals surface area contributed by atoms with Gasteiger partial charge in [0.05, 0.1) is 18.7 Å². The number of hydrogen-bond donors (Lipinski definition) is 1. The lowest BCUT2D eigenvalue weighted by molar-refractivity contribution is -0.0227. The number of nitrogens with one attached hydrogen (secondary N) is 1. The predicted octanol–water partition coefficient (Wildman–Crippen LogP) is 3.52. The topological polar surface area (TPSA) is 45.3 Å². The molecule has 1 amide bonds. The number of halogens is 1. The number of carbonyl (C=O) groups excluding carboxylic acids is 1. The summed E-state index contributed by atoms with van der Waals surface area (Å²) >= 11 is 0. The first kappa shape index (κ1) is 14.9. The summed E-state index contributed by atoms with van der Waals surface area (Å²) in [7, 11) is 0. The first-order valence-corrected chi connectivity index (χ1v) is 7.95. The molecule has 0 spiro atoms. The van der Waals surface area contributed by atoms with Crippen molar-refractivity contribution >= 4 is 16.8 Å². The van der Waals surface area contributed by atoms with Crippen LogP contribution in [0.15, 0.2) is 54.7 Å². The highest BCUT2D eigenvalue weighted by atomic mass is 19.1. The Labute approximate surface area is 138 Å². The van der Waals surface area contributed by atoms with E-state index in [9.17, 15) is 9.18 Å². The number of carbonyl (C=O) groups is 1. The summed E-state index contributed by atoms with van der Waals surface area (Å²) < 4.78 is 18.8. The third kappa shape index (κ3) is 2.67. The number of aromatic nitrogens is 1. The van der Waals surface area contributed by atoms with E-state index in [-0.39, 0.29) is 17.8 Å². The summed E-state index contributed by atoms with van der Waals surface area (Å²) in [5.74, 6) is -0.288. The molecule has 1 N–H and O–H groups in total. The van der Waals surface area contributed by atoms with Crippen LogP contribution in [0.4, 0.5) is 4.39 Å². The molecule has 4 nitrogen and oxygen atoms in total. The van der Waals surface area contributed by atoms with Crippen molar-refractivity contribution in [1.82, 2.24) is 9.88 Å². The van der Waals surface area contributed by atoms with E-state index >= 15 is 0 Å². The monoisotopic (exact) mass is 324 g/mol. The molecule has 1 aliphatic heterocycles. The van der Waals surface area contributed by atoms with Gasteiger partial charge in [-0.05, 0) is 23.8 Å². The lowest BCUT2D eigenvalue weighted by atomic mass is 10.1. The van der Waals surface area contributed by atoms with Gasteiger partial charge in [-0.3, -0.25) is 4.79 Å². The predicted molar refractivity (Wildman–Crippen MR) is 89.3 cm³/mol. The Morgan fingerprint density at radius 3 is 2.79 bits per heavy atom.